The topological polar surface area (TPSA) is 80.4 Å². The number of H-pyrrole nitrogens is 1. The number of rotatable bonds is 6. The summed E-state index contributed by atoms with van der Waals surface area (Å²) in [4.78, 5) is 19.6. The molecule has 1 atom stereocenters. The van der Waals surface area contributed by atoms with Gasteiger partial charge in [-0.25, -0.2) is 4.79 Å². The number of aliphatic hydroxyl groups excluding tert-OH is 1. The van der Waals surface area contributed by atoms with Crippen molar-refractivity contribution >= 4 is 39.6 Å². The minimum atomic E-state index is -0.373. The summed E-state index contributed by atoms with van der Waals surface area (Å²) < 4.78 is 0. The molecule has 7 heteroatoms. The van der Waals surface area contributed by atoms with Crippen LogP contribution in [0.2, 0.25) is 0 Å². The maximum atomic E-state index is 12.5. The summed E-state index contributed by atoms with van der Waals surface area (Å²) in [5, 5.41) is 18.8. The SMILES string of the molecule is O=C(Nc1ccc(N2CCc3sccc3C2)cc1)NC(CO)Cc1c[nH]c2ccccc12. The van der Waals surface area contributed by atoms with Gasteiger partial charge in [-0.05, 0) is 65.7 Å². The molecule has 1 aliphatic rings. The second kappa shape index (κ2) is 9.06. The fourth-order valence-electron chi connectivity index (χ4n) is 4.30. The van der Waals surface area contributed by atoms with Crippen LogP contribution in [0.3, 0.4) is 0 Å². The van der Waals surface area contributed by atoms with Crippen molar-refractivity contribution in [2.45, 2.75) is 25.4 Å². The minimum absolute atomic E-state index is 0.134. The van der Waals surface area contributed by atoms with Gasteiger partial charge in [0.1, 0.15) is 0 Å². The molecule has 164 valence electrons. The highest BCUT2D eigenvalue weighted by molar-refractivity contribution is 7.10. The van der Waals surface area contributed by atoms with Gasteiger partial charge in [0, 0.05) is 46.4 Å². The van der Waals surface area contributed by atoms with Gasteiger partial charge in [-0.15, -0.1) is 11.3 Å². The van der Waals surface area contributed by atoms with Crippen molar-refractivity contribution in [3.63, 3.8) is 0 Å². The number of carbonyl (C=O) groups is 1. The summed E-state index contributed by atoms with van der Waals surface area (Å²) in [6.45, 7) is 1.80. The minimum Gasteiger partial charge on any atom is -0.394 e. The van der Waals surface area contributed by atoms with E-state index in [9.17, 15) is 9.90 Å². The molecule has 0 spiro atoms. The molecule has 6 nitrogen and oxygen atoms in total. The molecule has 2 amide bonds. The number of nitrogens with one attached hydrogen (secondary N) is 3. The highest BCUT2D eigenvalue weighted by atomic mass is 32.1. The Bertz CT molecular complexity index is 1210. The number of aromatic nitrogens is 1. The lowest BCUT2D eigenvalue weighted by Crippen LogP contribution is -2.41. The molecular formula is C25H26N4O2S. The number of hydrogen-bond acceptors (Lipinski definition) is 4. The Balaban J connectivity index is 1.18. The molecule has 1 aliphatic heterocycles. The van der Waals surface area contributed by atoms with Crippen LogP contribution in [0.5, 0.6) is 0 Å². The average molecular weight is 447 g/mol. The third-order valence-corrected chi connectivity index (χ3v) is 7.02. The number of aliphatic hydroxyl groups is 1. The van der Waals surface area contributed by atoms with E-state index in [1.807, 2.05) is 66.1 Å². The summed E-state index contributed by atoms with van der Waals surface area (Å²) in [5.74, 6) is 0. The normalized spacial score (nSPS) is 14.2. The fraction of sp³-hybridized carbons (Fsp3) is 0.240. The molecule has 1 unspecified atom stereocenters. The van der Waals surface area contributed by atoms with E-state index in [1.165, 1.54) is 10.4 Å². The third-order valence-electron chi connectivity index (χ3n) is 5.99. The van der Waals surface area contributed by atoms with Crippen LogP contribution in [0.15, 0.2) is 66.2 Å². The Morgan fingerprint density at radius 3 is 2.84 bits per heavy atom. The van der Waals surface area contributed by atoms with Gasteiger partial charge in [0.25, 0.3) is 0 Å². The molecule has 5 rings (SSSR count). The zero-order valence-electron chi connectivity index (χ0n) is 17.7. The first kappa shape index (κ1) is 20.6. The molecule has 0 saturated heterocycles. The highest BCUT2D eigenvalue weighted by Crippen LogP contribution is 2.28. The lowest BCUT2D eigenvalue weighted by molar-refractivity contribution is 0.224. The molecule has 0 bridgehead atoms. The number of benzene rings is 2. The van der Waals surface area contributed by atoms with Crippen molar-refractivity contribution < 1.29 is 9.90 Å². The van der Waals surface area contributed by atoms with E-state index in [4.69, 9.17) is 0 Å². The second-order valence-electron chi connectivity index (χ2n) is 8.13. The molecule has 0 fully saturated rings. The first-order valence-electron chi connectivity index (χ1n) is 10.8. The van der Waals surface area contributed by atoms with Crippen LogP contribution in [0.25, 0.3) is 10.9 Å². The number of nitrogens with zero attached hydrogens (tertiary/aromatic N) is 1. The van der Waals surface area contributed by atoms with Crippen LogP contribution < -0.4 is 15.5 Å². The Hall–Kier alpha value is -3.29. The summed E-state index contributed by atoms with van der Waals surface area (Å²) >= 11 is 1.84. The Morgan fingerprint density at radius 2 is 2.00 bits per heavy atom. The van der Waals surface area contributed by atoms with Crippen molar-refractivity contribution in [3.8, 4) is 0 Å². The van der Waals surface area contributed by atoms with Crippen molar-refractivity contribution in [2.75, 3.05) is 23.4 Å². The van der Waals surface area contributed by atoms with E-state index < -0.39 is 0 Å². The van der Waals surface area contributed by atoms with Crippen LogP contribution in [-0.4, -0.2) is 35.3 Å². The lowest BCUT2D eigenvalue weighted by Gasteiger charge is -2.29. The maximum Gasteiger partial charge on any atom is 0.319 e. The quantitative estimate of drug-likeness (QED) is 0.352. The Kier molecular flexibility index (Phi) is 5.83. The predicted octanol–water partition coefficient (Wildman–Crippen LogP) is 4.52. The molecule has 0 radical (unpaired) electrons. The Morgan fingerprint density at radius 1 is 1.16 bits per heavy atom. The molecule has 0 saturated carbocycles. The number of hydrogen-bond donors (Lipinski definition) is 4. The standard InChI is InChI=1S/C25H26N4O2S/c30-16-20(13-18-14-26-23-4-2-1-3-22(18)23)28-25(31)27-19-5-7-21(8-6-19)29-11-9-24-17(15-29)10-12-32-24/h1-8,10,12,14,20,26,30H,9,11,13,15-16H2,(H2,27,28,31). The molecule has 3 heterocycles. The Labute approximate surface area is 190 Å². The fourth-order valence-corrected chi connectivity index (χ4v) is 5.19. The first-order valence-corrected chi connectivity index (χ1v) is 11.7. The smallest absolute Gasteiger partial charge is 0.319 e. The van der Waals surface area contributed by atoms with Crippen LogP contribution in [0.1, 0.15) is 16.0 Å². The highest BCUT2D eigenvalue weighted by Gasteiger charge is 2.18. The number of anilines is 2. The van der Waals surface area contributed by atoms with Crippen LogP contribution in [0.4, 0.5) is 16.2 Å². The van der Waals surface area contributed by atoms with Gasteiger partial charge in [0.2, 0.25) is 0 Å². The first-order chi connectivity index (χ1) is 15.7. The van der Waals surface area contributed by atoms with E-state index in [2.05, 4.69) is 32.0 Å². The molecular weight excluding hydrogens is 420 g/mol. The molecule has 0 aliphatic carbocycles. The zero-order chi connectivity index (χ0) is 21.9. The van der Waals surface area contributed by atoms with Crippen molar-refractivity contribution in [1.82, 2.24) is 10.3 Å². The van der Waals surface area contributed by atoms with Gasteiger partial charge in [-0.3, -0.25) is 0 Å². The average Bonchev–Trinajstić information content (AvgIpc) is 3.45. The molecule has 4 aromatic rings. The monoisotopic (exact) mass is 446 g/mol. The van der Waals surface area contributed by atoms with E-state index in [0.717, 1.165) is 47.4 Å². The van der Waals surface area contributed by atoms with E-state index in [1.54, 1.807) is 0 Å². The van der Waals surface area contributed by atoms with Gasteiger partial charge in [-0.1, -0.05) is 18.2 Å². The maximum absolute atomic E-state index is 12.5. The van der Waals surface area contributed by atoms with Gasteiger partial charge >= 0.3 is 6.03 Å². The van der Waals surface area contributed by atoms with Crippen LogP contribution in [0, 0.1) is 0 Å². The van der Waals surface area contributed by atoms with Crippen molar-refractivity contribution in [1.29, 1.82) is 0 Å². The van der Waals surface area contributed by atoms with Crippen LogP contribution >= 0.6 is 11.3 Å². The predicted molar refractivity (Wildman–Crippen MR) is 131 cm³/mol. The summed E-state index contributed by atoms with van der Waals surface area (Å²) in [6, 6.07) is 17.5. The van der Waals surface area contributed by atoms with Crippen LogP contribution in [-0.2, 0) is 19.4 Å². The molecule has 32 heavy (non-hydrogen) atoms. The van der Waals surface area contributed by atoms with E-state index in [-0.39, 0.29) is 18.7 Å². The van der Waals surface area contributed by atoms with Gasteiger partial charge in [-0.2, -0.15) is 0 Å². The largest absolute Gasteiger partial charge is 0.394 e. The number of aromatic amines is 1. The van der Waals surface area contributed by atoms with Gasteiger partial charge in [0.15, 0.2) is 0 Å². The third kappa shape index (κ3) is 4.35. The molecule has 2 aromatic carbocycles. The van der Waals surface area contributed by atoms with Gasteiger partial charge < -0.3 is 25.6 Å². The summed E-state index contributed by atoms with van der Waals surface area (Å²) in [5.41, 5.74) is 5.41. The summed E-state index contributed by atoms with van der Waals surface area (Å²) in [6.07, 6.45) is 3.56. The van der Waals surface area contributed by atoms with Crippen molar-refractivity contribution in [2.24, 2.45) is 0 Å². The number of amides is 2. The van der Waals surface area contributed by atoms with E-state index in [0.29, 0.717) is 6.42 Å². The lowest BCUT2D eigenvalue weighted by atomic mass is 10.1. The number of para-hydroxylation sites is 1. The number of urea groups is 1. The zero-order valence-corrected chi connectivity index (χ0v) is 18.5. The molecule has 4 N–H and O–H groups in total. The number of thiophene rings is 1. The number of fused-ring (bicyclic) bond motifs is 2. The van der Waals surface area contributed by atoms with Gasteiger partial charge in [0.05, 0.1) is 12.6 Å². The molecule has 2 aromatic heterocycles. The summed E-state index contributed by atoms with van der Waals surface area (Å²) in [7, 11) is 0. The second-order valence-corrected chi connectivity index (χ2v) is 9.13. The number of carbonyl (C=O) groups excluding carboxylic acids is 1. The van der Waals surface area contributed by atoms with E-state index >= 15 is 0 Å². The van der Waals surface area contributed by atoms with Crippen molar-refractivity contribution in [3.05, 3.63) is 82.2 Å².